The smallest absolute Gasteiger partial charge is 0.310 e. The maximum Gasteiger partial charge on any atom is 0.310 e. The number of esters is 1. The molecule has 2 N–H and O–H groups in total. The van der Waals surface area contributed by atoms with Crippen molar-refractivity contribution < 1.29 is 24.5 Å². The highest BCUT2D eigenvalue weighted by molar-refractivity contribution is 5.75. The normalized spacial score (nSPS) is 48.4. The van der Waals surface area contributed by atoms with Crippen molar-refractivity contribution in [3.05, 3.63) is 0 Å². The van der Waals surface area contributed by atoms with Gasteiger partial charge in [-0.25, -0.2) is 0 Å². The number of rotatable bonds is 5. The minimum absolute atomic E-state index is 0.0102. The van der Waals surface area contributed by atoms with Crippen LogP contribution in [0.4, 0.5) is 0 Å². The molecule has 2 aliphatic heterocycles. The number of nitrogens with zero attached hydrogens (tertiary/aromatic N) is 1. The number of fused-ring (bicyclic) bond motifs is 3. The van der Waals surface area contributed by atoms with Crippen LogP contribution in [0.5, 0.6) is 0 Å². The van der Waals surface area contributed by atoms with E-state index in [0.29, 0.717) is 19.1 Å². The van der Waals surface area contributed by atoms with Gasteiger partial charge in [0.2, 0.25) is 0 Å². The summed E-state index contributed by atoms with van der Waals surface area (Å²) in [5.74, 6) is 0.353. The average molecular weight is 353 g/mol. The fraction of sp³-hybridized carbons (Fsp3) is 0.947. The highest BCUT2D eigenvalue weighted by Crippen LogP contribution is 2.62. The van der Waals surface area contributed by atoms with Crippen LogP contribution in [-0.4, -0.2) is 72.2 Å². The molecule has 2 saturated heterocycles. The Kier molecular flexibility index (Phi) is 4.38. The van der Waals surface area contributed by atoms with E-state index in [1.54, 1.807) is 0 Å². The van der Waals surface area contributed by atoms with Gasteiger partial charge in [0.1, 0.15) is 11.7 Å². The van der Waals surface area contributed by atoms with Crippen LogP contribution in [-0.2, 0) is 14.3 Å². The van der Waals surface area contributed by atoms with E-state index in [9.17, 15) is 9.90 Å². The minimum Gasteiger partial charge on any atom is -0.462 e. The Bertz CT molecular complexity index is 536. The second-order valence-electron chi connectivity index (χ2n) is 9.03. The fourth-order valence-corrected chi connectivity index (χ4v) is 5.89. The molecule has 4 fully saturated rings. The van der Waals surface area contributed by atoms with Crippen molar-refractivity contribution in [3.8, 4) is 0 Å². The highest BCUT2D eigenvalue weighted by atomic mass is 16.6. The van der Waals surface area contributed by atoms with Crippen LogP contribution in [0.1, 0.15) is 39.0 Å². The molecule has 6 heteroatoms. The monoisotopic (exact) mass is 353 g/mol. The first-order chi connectivity index (χ1) is 11.9. The molecule has 0 bridgehead atoms. The van der Waals surface area contributed by atoms with Crippen LogP contribution >= 0.6 is 0 Å². The largest absolute Gasteiger partial charge is 0.462 e. The highest BCUT2D eigenvalue weighted by Gasteiger charge is 2.68. The minimum atomic E-state index is -0.370. The number of epoxide rings is 1. The predicted molar refractivity (Wildman–Crippen MR) is 90.8 cm³/mol. The summed E-state index contributed by atoms with van der Waals surface area (Å²) in [6, 6.07) is 0. The number of hydrogen-bond donors (Lipinski definition) is 2. The molecule has 4 rings (SSSR count). The zero-order valence-corrected chi connectivity index (χ0v) is 15.3. The lowest BCUT2D eigenvalue weighted by molar-refractivity contribution is -0.149. The summed E-state index contributed by atoms with van der Waals surface area (Å²) in [7, 11) is 2.00. The van der Waals surface area contributed by atoms with Crippen molar-refractivity contribution in [3.63, 3.8) is 0 Å². The summed E-state index contributed by atoms with van der Waals surface area (Å²) >= 11 is 0. The summed E-state index contributed by atoms with van der Waals surface area (Å²) in [5, 5.41) is 19.5. The lowest BCUT2D eigenvalue weighted by Gasteiger charge is -2.53. The molecule has 142 valence electrons. The van der Waals surface area contributed by atoms with E-state index in [1.165, 1.54) is 0 Å². The summed E-state index contributed by atoms with van der Waals surface area (Å²) in [6.07, 6.45) is 3.92. The molecule has 7 atom stereocenters. The molecule has 0 aromatic rings. The Balaban J connectivity index is 1.51. The summed E-state index contributed by atoms with van der Waals surface area (Å²) in [4.78, 5) is 14.6. The summed E-state index contributed by atoms with van der Waals surface area (Å²) in [6.45, 7) is 4.58. The van der Waals surface area contributed by atoms with Crippen LogP contribution in [0.15, 0.2) is 0 Å². The fourth-order valence-electron chi connectivity index (χ4n) is 5.89. The SMILES string of the molecule is CN(CCCO)CC1C(=O)O[C@@H]2C[C@@]3(C)CC[C@@H](O)[C@]4(CO4)[C@@H]3C[C@H]12. The number of carbonyl (C=O) groups excluding carboxylic acids is 1. The van der Waals surface area contributed by atoms with Crippen LogP contribution in [0.3, 0.4) is 0 Å². The predicted octanol–water partition coefficient (Wildman–Crippen LogP) is 0.798. The first-order valence-corrected chi connectivity index (χ1v) is 9.71. The molecule has 4 aliphatic rings. The van der Waals surface area contributed by atoms with Crippen LogP contribution < -0.4 is 0 Å². The van der Waals surface area contributed by atoms with Gasteiger partial charge in [-0.1, -0.05) is 6.92 Å². The molecule has 0 aromatic carbocycles. The quantitative estimate of drug-likeness (QED) is 0.562. The van der Waals surface area contributed by atoms with Crippen molar-refractivity contribution in [2.24, 2.45) is 23.2 Å². The number of aliphatic hydroxyl groups excluding tert-OH is 2. The Morgan fingerprint density at radius 1 is 1.40 bits per heavy atom. The van der Waals surface area contributed by atoms with Crippen molar-refractivity contribution in [1.29, 1.82) is 0 Å². The van der Waals surface area contributed by atoms with Gasteiger partial charge >= 0.3 is 5.97 Å². The molecule has 25 heavy (non-hydrogen) atoms. The lowest BCUT2D eigenvalue weighted by Crippen LogP contribution is -2.56. The third-order valence-corrected chi connectivity index (χ3v) is 7.41. The maximum atomic E-state index is 12.5. The Hall–Kier alpha value is -0.690. The Morgan fingerprint density at radius 3 is 2.84 bits per heavy atom. The molecule has 2 heterocycles. The van der Waals surface area contributed by atoms with Crippen molar-refractivity contribution in [2.75, 3.05) is 33.4 Å². The van der Waals surface area contributed by atoms with Gasteiger partial charge in [0.15, 0.2) is 0 Å². The molecular weight excluding hydrogens is 322 g/mol. The molecule has 2 saturated carbocycles. The van der Waals surface area contributed by atoms with Crippen LogP contribution in [0, 0.1) is 23.2 Å². The van der Waals surface area contributed by atoms with Gasteiger partial charge in [0.05, 0.1) is 18.6 Å². The Morgan fingerprint density at radius 2 is 2.16 bits per heavy atom. The van der Waals surface area contributed by atoms with E-state index >= 15 is 0 Å². The molecule has 0 amide bonds. The maximum absolute atomic E-state index is 12.5. The molecule has 0 aromatic heterocycles. The number of hydrogen-bond acceptors (Lipinski definition) is 6. The first kappa shape index (κ1) is 17.7. The molecule has 2 aliphatic carbocycles. The molecular formula is C19H31NO5. The summed E-state index contributed by atoms with van der Waals surface area (Å²) < 4.78 is 11.6. The van der Waals surface area contributed by atoms with Gasteiger partial charge in [0.25, 0.3) is 0 Å². The lowest BCUT2D eigenvalue weighted by atomic mass is 9.52. The van der Waals surface area contributed by atoms with E-state index in [2.05, 4.69) is 11.8 Å². The standard InChI is InChI=1S/C19H31NO5/c1-18-5-4-16(22)19(11-24-19)15(18)8-12-13(10-20(2)6-3-7-21)17(23)25-14(12)9-18/h12-16,21-22H,3-11H2,1-2H3/t12-,13?,14-,15-,16-,18-,19+/m1/s1. The average Bonchev–Trinajstić information content (AvgIpc) is 3.31. The van der Waals surface area contributed by atoms with E-state index in [-0.39, 0.29) is 47.6 Å². The van der Waals surface area contributed by atoms with E-state index in [4.69, 9.17) is 14.6 Å². The molecule has 0 radical (unpaired) electrons. The van der Waals surface area contributed by atoms with E-state index < -0.39 is 0 Å². The third-order valence-electron chi connectivity index (χ3n) is 7.41. The third kappa shape index (κ3) is 2.82. The second-order valence-corrected chi connectivity index (χ2v) is 9.03. The van der Waals surface area contributed by atoms with E-state index in [1.807, 2.05) is 7.05 Å². The molecule has 1 spiro atoms. The van der Waals surface area contributed by atoms with Crippen LogP contribution in [0.2, 0.25) is 0 Å². The van der Waals surface area contributed by atoms with Gasteiger partial charge in [-0.05, 0) is 50.5 Å². The Labute approximate surface area is 149 Å². The van der Waals surface area contributed by atoms with Crippen molar-refractivity contribution in [1.82, 2.24) is 4.90 Å². The zero-order valence-electron chi connectivity index (χ0n) is 15.3. The van der Waals surface area contributed by atoms with Gasteiger partial charge in [-0.2, -0.15) is 0 Å². The van der Waals surface area contributed by atoms with Crippen molar-refractivity contribution >= 4 is 5.97 Å². The number of carbonyl (C=O) groups is 1. The van der Waals surface area contributed by atoms with Gasteiger partial charge in [0, 0.05) is 25.6 Å². The molecule has 1 unspecified atom stereocenters. The molecule has 6 nitrogen and oxygen atoms in total. The van der Waals surface area contributed by atoms with Gasteiger partial charge in [-0.15, -0.1) is 0 Å². The van der Waals surface area contributed by atoms with Gasteiger partial charge in [-0.3, -0.25) is 4.79 Å². The zero-order chi connectivity index (χ0) is 17.8. The van der Waals surface area contributed by atoms with Gasteiger partial charge < -0.3 is 24.6 Å². The second kappa shape index (κ2) is 6.19. The summed E-state index contributed by atoms with van der Waals surface area (Å²) in [5.41, 5.74) is -0.272. The number of ether oxygens (including phenoxy) is 2. The van der Waals surface area contributed by atoms with E-state index in [0.717, 1.165) is 38.6 Å². The van der Waals surface area contributed by atoms with Crippen molar-refractivity contribution in [2.45, 2.75) is 56.8 Å². The first-order valence-electron chi connectivity index (χ1n) is 9.71. The van der Waals surface area contributed by atoms with Crippen LogP contribution in [0.25, 0.3) is 0 Å². The number of aliphatic hydroxyl groups is 2. The topological polar surface area (TPSA) is 82.5 Å².